The highest BCUT2D eigenvalue weighted by molar-refractivity contribution is 5.79. The van der Waals surface area contributed by atoms with Crippen molar-refractivity contribution in [1.29, 1.82) is 0 Å². The molecule has 0 aromatic heterocycles. The van der Waals surface area contributed by atoms with Gasteiger partial charge in [-0.25, -0.2) is 0 Å². The Kier molecular flexibility index (Phi) is 2.49. The molecule has 4 heteroatoms. The molecular weight excluding hydrogens is 180 g/mol. The lowest BCUT2D eigenvalue weighted by Crippen LogP contribution is -2.57. The minimum atomic E-state index is -0.656. The van der Waals surface area contributed by atoms with Crippen molar-refractivity contribution in [2.24, 2.45) is 0 Å². The van der Waals surface area contributed by atoms with Crippen molar-refractivity contribution in [3.8, 4) is 0 Å². The number of nitrogens with one attached hydrogen (secondary N) is 1. The average Bonchev–Trinajstić information content (AvgIpc) is 2.72. The average molecular weight is 198 g/mol. The maximum absolute atomic E-state index is 11.4. The van der Waals surface area contributed by atoms with Gasteiger partial charge < -0.3 is 10.4 Å². The standard InChI is InChI=1S/C10H18N2O2/c1-8-3-2-6-12(8)10(9(13)14)4-5-11-7-10/h8,11H,2-7H2,1H3,(H,13,14). The minimum absolute atomic E-state index is 0.422. The van der Waals surface area contributed by atoms with Crippen LogP contribution in [0, 0.1) is 0 Å². The second-order valence-electron chi connectivity index (χ2n) is 4.45. The highest BCUT2D eigenvalue weighted by atomic mass is 16.4. The Bertz CT molecular complexity index is 236. The van der Waals surface area contributed by atoms with Crippen LogP contribution in [0.4, 0.5) is 0 Å². The molecule has 2 atom stereocenters. The normalized spacial score (nSPS) is 39.1. The molecule has 14 heavy (non-hydrogen) atoms. The van der Waals surface area contributed by atoms with E-state index in [2.05, 4.69) is 17.1 Å². The number of carbonyl (C=O) groups is 1. The molecular formula is C10H18N2O2. The summed E-state index contributed by atoms with van der Waals surface area (Å²) in [7, 11) is 0. The minimum Gasteiger partial charge on any atom is -0.480 e. The summed E-state index contributed by atoms with van der Waals surface area (Å²) in [6.45, 7) is 4.51. The second kappa shape index (κ2) is 3.51. The van der Waals surface area contributed by atoms with Crippen LogP contribution in [0.2, 0.25) is 0 Å². The van der Waals surface area contributed by atoms with Crippen LogP contribution in [-0.2, 0) is 4.79 Å². The van der Waals surface area contributed by atoms with Crippen molar-refractivity contribution in [2.45, 2.75) is 37.8 Å². The molecule has 2 unspecified atom stereocenters. The third kappa shape index (κ3) is 1.33. The van der Waals surface area contributed by atoms with E-state index in [9.17, 15) is 9.90 Å². The highest BCUT2D eigenvalue weighted by Crippen LogP contribution is 2.31. The van der Waals surface area contributed by atoms with Gasteiger partial charge >= 0.3 is 5.97 Å². The van der Waals surface area contributed by atoms with E-state index in [4.69, 9.17) is 0 Å². The Morgan fingerprint density at radius 3 is 2.86 bits per heavy atom. The third-order valence-corrected chi connectivity index (χ3v) is 3.63. The molecule has 0 spiro atoms. The van der Waals surface area contributed by atoms with Crippen molar-refractivity contribution in [3.63, 3.8) is 0 Å². The molecule has 2 rings (SSSR count). The summed E-state index contributed by atoms with van der Waals surface area (Å²) in [5, 5.41) is 12.5. The third-order valence-electron chi connectivity index (χ3n) is 3.63. The molecule has 2 saturated heterocycles. The van der Waals surface area contributed by atoms with Crippen LogP contribution < -0.4 is 5.32 Å². The number of aliphatic carboxylic acids is 1. The first-order valence-corrected chi connectivity index (χ1v) is 5.38. The van der Waals surface area contributed by atoms with Gasteiger partial charge in [0.15, 0.2) is 0 Å². The first-order valence-electron chi connectivity index (χ1n) is 5.38. The van der Waals surface area contributed by atoms with Gasteiger partial charge in [0, 0.05) is 12.6 Å². The van der Waals surface area contributed by atoms with Gasteiger partial charge in [-0.05, 0) is 39.3 Å². The molecule has 0 aliphatic carbocycles. The fourth-order valence-corrected chi connectivity index (χ4v) is 2.80. The maximum atomic E-state index is 11.4. The van der Waals surface area contributed by atoms with Crippen molar-refractivity contribution in [2.75, 3.05) is 19.6 Å². The SMILES string of the molecule is CC1CCCN1C1(C(=O)O)CCNC1. The predicted molar refractivity (Wildman–Crippen MR) is 53.3 cm³/mol. The Morgan fingerprint density at radius 1 is 1.64 bits per heavy atom. The smallest absolute Gasteiger partial charge is 0.325 e. The topological polar surface area (TPSA) is 52.6 Å². The van der Waals surface area contributed by atoms with Gasteiger partial charge in [0.2, 0.25) is 0 Å². The first-order chi connectivity index (χ1) is 6.67. The molecule has 0 amide bonds. The van der Waals surface area contributed by atoms with Gasteiger partial charge in [0.1, 0.15) is 5.54 Å². The molecule has 0 saturated carbocycles. The lowest BCUT2D eigenvalue weighted by Gasteiger charge is -2.37. The summed E-state index contributed by atoms with van der Waals surface area (Å²) < 4.78 is 0. The van der Waals surface area contributed by atoms with E-state index in [0.717, 1.165) is 32.4 Å². The van der Waals surface area contributed by atoms with Gasteiger partial charge in [-0.2, -0.15) is 0 Å². The van der Waals surface area contributed by atoms with Gasteiger partial charge in [-0.1, -0.05) is 0 Å². The van der Waals surface area contributed by atoms with Crippen LogP contribution in [0.25, 0.3) is 0 Å². The Hall–Kier alpha value is -0.610. The van der Waals surface area contributed by atoms with E-state index in [1.54, 1.807) is 0 Å². The number of carboxylic acid groups (broad SMARTS) is 1. The number of carboxylic acids is 1. The summed E-state index contributed by atoms with van der Waals surface area (Å²) in [6.07, 6.45) is 3.01. The van der Waals surface area contributed by atoms with E-state index in [1.807, 2.05) is 0 Å². The van der Waals surface area contributed by atoms with Crippen molar-refractivity contribution >= 4 is 5.97 Å². The van der Waals surface area contributed by atoms with Crippen molar-refractivity contribution in [1.82, 2.24) is 10.2 Å². The number of hydrogen-bond donors (Lipinski definition) is 2. The summed E-state index contributed by atoms with van der Waals surface area (Å²) >= 11 is 0. The predicted octanol–water partition coefficient (Wildman–Crippen LogP) is 0.287. The zero-order valence-corrected chi connectivity index (χ0v) is 8.62. The van der Waals surface area contributed by atoms with Crippen LogP contribution in [0.15, 0.2) is 0 Å². The monoisotopic (exact) mass is 198 g/mol. The molecule has 0 bridgehead atoms. The molecule has 2 heterocycles. The molecule has 80 valence electrons. The largest absolute Gasteiger partial charge is 0.480 e. The number of rotatable bonds is 2. The van der Waals surface area contributed by atoms with E-state index in [-0.39, 0.29) is 0 Å². The van der Waals surface area contributed by atoms with Gasteiger partial charge in [0.05, 0.1) is 0 Å². The van der Waals surface area contributed by atoms with Crippen LogP contribution >= 0.6 is 0 Å². The number of nitrogens with zero attached hydrogens (tertiary/aromatic N) is 1. The van der Waals surface area contributed by atoms with E-state index < -0.39 is 11.5 Å². The van der Waals surface area contributed by atoms with E-state index in [0.29, 0.717) is 12.6 Å². The molecule has 2 fully saturated rings. The summed E-state index contributed by atoms with van der Waals surface area (Å²) in [6, 6.07) is 0.422. The molecule has 0 radical (unpaired) electrons. The van der Waals surface area contributed by atoms with Crippen LogP contribution in [0.5, 0.6) is 0 Å². The van der Waals surface area contributed by atoms with Gasteiger partial charge in [0.25, 0.3) is 0 Å². The summed E-state index contributed by atoms with van der Waals surface area (Å²) in [5.74, 6) is -0.656. The van der Waals surface area contributed by atoms with E-state index >= 15 is 0 Å². The maximum Gasteiger partial charge on any atom is 0.325 e. The lowest BCUT2D eigenvalue weighted by molar-refractivity contribution is -0.150. The van der Waals surface area contributed by atoms with Crippen LogP contribution in [0.1, 0.15) is 26.2 Å². The van der Waals surface area contributed by atoms with Crippen molar-refractivity contribution in [3.05, 3.63) is 0 Å². The second-order valence-corrected chi connectivity index (χ2v) is 4.45. The summed E-state index contributed by atoms with van der Waals surface area (Å²) in [5.41, 5.74) is -0.615. The lowest BCUT2D eigenvalue weighted by atomic mass is 9.95. The fraction of sp³-hybridized carbons (Fsp3) is 0.900. The Morgan fingerprint density at radius 2 is 2.43 bits per heavy atom. The molecule has 2 aliphatic heterocycles. The molecule has 2 N–H and O–H groups in total. The van der Waals surface area contributed by atoms with Crippen LogP contribution in [-0.4, -0.2) is 47.2 Å². The van der Waals surface area contributed by atoms with Crippen molar-refractivity contribution < 1.29 is 9.90 Å². The quantitative estimate of drug-likeness (QED) is 0.669. The zero-order valence-electron chi connectivity index (χ0n) is 8.62. The molecule has 2 aliphatic rings. The number of likely N-dealkylation sites (tertiary alicyclic amines) is 1. The van der Waals surface area contributed by atoms with Gasteiger partial charge in [-0.15, -0.1) is 0 Å². The van der Waals surface area contributed by atoms with E-state index in [1.165, 1.54) is 0 Å². The highest BCUT2D eigenvalue weighted by Gasteiger charge is 2.49. The Labute approximate surface area is 84.3 Å². The van der Waals surface area contributed by atoms with Gasteiger partial charge in [-0.3, -0.25) is 9.69 Å². The Balaban J connectivity index is 2.21. The molecule has 0 aromatic carbocycles. The summed E-state index contributed by atoms with van der Waals surface area (Å²) in [4.78, 5) is 13.6. The fourth-order valence-electron chi connectivity index (χ4n) is 2.80. The first kappa shape index (κ1) is 9.93. The molecule has 0 aromatic rings. The zero-order chi connectivity index (χ0) is 10.2. The van der Waals surface area contributed by atoms with Crippen LogP contribution in [0.3, 0.4) is 0 Å². The molecule has 4 nitrogen and oxygen atoms in total. The number of hydrogen-bond acceptors (Lipinski definition) is 3.